The Labute approximate surface area is 199 Å². The Kier molecular flexibility index (Phi) is 6.63. The van der Waals surface area contributed by atoms with Crippen molar-refractivity contribution in [3.63, 3.8) is 0 Å². The monoisotopic (exact) mass is 514 g/mol. The van der Waals surface area contributed by atoms with Gasteiger partial charge in [-0.3, -0.25) is 0 Å². The number of hydrogen-bond donors (Lipinski definition) is 0. The summed E-state index contributed by atoms with van der Waals surface area (Å²) in [7, 11) is 0. The first-order valence-electron chi connectivity index (χ1n) is 10.5. The van der Waals surface area contributed by atoms with Crippen molar-refractivity contribution in [1.29, 1.82) is 0 Å². The fourth-order valence-electron chi connectivity index (χ4n) is 3.60. The normalized spacial score (nSPS) is 15.1. The molecule has 0 unspecified atom stereocenters. The summed E-state index contributed by atoms with van der Waals surface area (Å²) in [5.74, 6) is -0.0409. The van der Waals surface area contributed by atoms with E-state index in [1.807, 2.05) is 26.8 Å². The van der Waals surface area contributed by atoms with E-state index in [4.69, 9.17) is 9.72 Å². The second-order valence-electron chi connectivity index (χ2n) is 8.72. The van der Waals surface area contributed by atoms with Gasteiger partial charge in [0.2, 0.25) is 0 Å². The summed E-state index contributed by atoms with van der Waals surface area (Å²) in [6, 6.07) is 8.24. The number of likely N-dealkylation sites (tertiary alicyclic amines) is 1. The average Bonchev–Trinajstić information content (AvgIpc) is 3.19. The first-order chi connectivity index (χ1) is 15.2. The molecular weight excluding hydrogens is 490 g/mol. The van der Waals surface area contributed by atoms with Crippen LogP contribution in [0, 0.1) is 5.82 Å². The molecule has 2 aromatic heterocycles. The Morgan fingerprint density at radius 1 is 1.16 bits per heavy atom. The van der Waals surface area contributed by atoms with Crippen molar-refractivity contribution in [2.24, 2.45) is 0 Å². The number of ether oxygens (including phenoxy) is 1. The van der Waals surface area contributed by atoms with E-state index in [0.29, 0.717) is 17.7 Å². The molecule has 1 fully saturated rings. The third-order valence-electron chi connectivity index (χ3n) is 5.13. The number of nitrogens with zero attached hydrogens (tertiary/aromatic N) is 4. The maximum absolute atomic E-state index is 13.5. The van der Waals surface area contributed by atoms with Gasteiger partial charge in [-0.2, -0.15) is 0 Å². The SMILES string of the molecule is CC(C)(C)OC(=O)N1CCC(c2nc(-c3ccc(F)cc3)c(-c3ccnc([As])n3)s2)CC1. The average molecular weight is 514 g/mol. The topological polar surface area (TPSA) is 68.2 Å². The molecule has 1 aromatic carbocycles. The molecule has 1 aliphatic heterocycles. The van der Waals surface area contributed by atoms with Gasteiger partial charge in [-0.25, -0.2) is 0 Å². The molecule has 2 radical (unpaired) electrons. The van der Waals surface area contributed by atoms with Gasteiger partial charge in [0.25, 0.3) is 0 Å². The third-order valence-corrected chi connectivity index (χ3v) is 6.83. The van der Waals surface area contributed by atoms with E-state index >= 15 is 0 Å². The molecule has 0 N–H and O–H groups in total. The summed E-state index contributed by atoms with van der Waals surface area (Å²) in [6.45, 7) is 6.88. The number of rotatable bonds is 3. The molecule has 6 nitrogen and oxygen atoms in total. The van der Waals surface area contributed by atoms with Crippen molar-refractivity contribution in [2.45, 2.75) is 45.1 Å². The summed E-state index contributed by atoms with van der Waals surface area (Å²) in [4.78, 5) is 28.8. The van der Waals surface area contributed by atoms with Gasteiger partial charge in [0.1, 0.15) is 5.60 Å². The fraction of sp³-hybridized carbons (Fsp3) is 0.391. The molecule has 1 saturated heterocycles. The van der Waals surface area contributed by atoms with Crippen molar-refractivity contribution in [3.8, 4) is 21.8 Å². The number of benzene rings is 1. The minimum absolute atomic E-state index is 0.241. The van der Waals surface area contributed by atoms with Gasteiger partial charge in [-0.1, -0.05) is 0 Å². The van der Waals surface area contributed by atoms with Crippen molar-refractivity contribution >= 4 is 38.9 Å². The second kappa shape index (κ2) is 9.28. The molecule has 1 amide bonds. The molecule has 166 valence electrons. The Morgan fingerprint density at radius 2 is 1.84 bits per heavy atom. The van der Waals surface area contributed by atoms with Gasteiger partial charge in [0, 0.05) is 0 Å². The van der Waals surface area contributed by atoms with E-state index in [1.165, 1.54) is 12.1 Å². The van der Waals surface area contributed by atoms with E-state index in [1.54, 1.807) is 34.6 Å². The standard InChI is InChI=1S/C23H24AsFN4O2S/c1-23(2,3)31-22(30)29-12-9-15(10-13-29)20-28-18(14-4-6-16(25)7-5-14)19(32-20)17-8-11-26-21(24)27-17/h4-8,11,15H,9-10,12-13H2,1-3H3. The van der Waals surface area contributed by atoms with Crippen LogP contribution in [-0.2, 0) is 4.74 Å². The summed E-state index contributed by atoms with van der Waals surface area (Å²) >= 11 is 3.96. The Hall–Kier alpha value is -2.31. The molecule has 32 heavy (non-hydrogen) atoms. The summed E-state index contributed by atoms with van der Waals surface area (Å²) in [6.07, 6.45) is 3.09. The summed E-state index contributed by atoms with van der Waals surface area (Å²) < 4.78 is 19.6. The Morgan fingerprint density at radius 3 is 2.47 bits per heavy atom. The van der Waals surface area contributed by atoms with E-state index in [0.717, 1.165) is 39.7 Å². The van der Waals surface area contributed by atoms with Crippen LogP contribution < -0.4 is 4.61 Å². The fourth-order valence-corrected chi connectivity index (χ4v) is 5.19. The summed E-state index contributed by atoms with van der Waals surface area (Å²) in [5, 5.41) is 1.01. The van der Waals surface area contributed by atoms with E-state index in [-0.39, 0.29) is 17.8 Å². The van der Waals surface area contributed by atoms with Gasteiger partial charge in [-0.15, -0.1) is 0 Å². The van der Waals surface area contributed by atoms with Crippen LogP contribution in [0.5, 0.6) is 0 Å². The number of carbonyl (C=O) groups excluding carboxylic acids is 1. The van der Waals surface area contributed by atoms with Crippen molar-refractivity contribution in [3.05, 3.63) is 47.4 Å². The number of aromatic nitrogens is 3. The zero-order chi connectivity index (χ0) is 22.9. The third kappa shape index (κ3) is 5.35. The van der Waals surface area contributed by atoms with Gasteiger partial charge in [0.15, 0.2) is 0 Å². The van der Waals surface area contributed by atoms with Gasteiger partial charge >= 0.3 is 174 Å². The van der Waals surface area contributed by atoms with Gasteiger partial charge in [0.05, 0.1) is 0 Å². The Bertz CT molecular complexity index is 1110. The van der Waals surface area contributed by atoms with E-state index < -0.39 is 5.60 Å². The first kappa shape index (κ1) is 22.9. The summed E-state index contributed by atoms with van der Waals surface area (Å²) in [5.41, 5.74) is 1.94. The second-order valence-corrected chi connectivity index (χ2v) is 10.6. The van der Waals surface area contributed by atoms with Crippen LogP contribution >= 0.6 is 11.3 Å². The predicted octanol–water partition coefficient (Wildman–Crippen LogP) is 4.31. The van der Waals surface area contributed by atoms with Crippen LogP contribution in [0.25, 0.3) is 21.8 Å². The molecule has 0 saturated carbocycles. The van der Waals surface area contributed by atoms with Gasteiger partial charge < -0.3 is 0 Å². The zero-order valence-electron chi connectivity index (χ0n) is 18.2. The van der Waals surface area contributed by atoms with Crippen LogP contribution in [0.2, 0.25) is 0 Å². The number of hydrogen-bond acceptors (Lipinski definition) is 6. The molecule has 4 rings (SSSR count). The molecule has 3 heterocycles. The van der Waals surface area contributed by atoms with Crippen molar-refractivity contribution in [2.75, 3.05) is 13.1 Å². The van der Waals surface area contributed by atoms with E-state index in [2.05, 4.69) is 26.8 Å². The molecule has 0 aliphatic carbocycles. The molecular formula is C23H24AsFN4O2S. The van der Waals surface area contributed by atoms with Crippen LogP contribution in [0.15, 0.2) is 36.5 Å². The predicted molar refractivity (Wildman–Crippen MR) is 124 cm³/mol. The number of piperidine rings is 1. The molecule has 9 heteroatoms. The molecule has 3 aromatic rings. The minimum atomic E-state index is -0.503. The van der Waals surface area contributed by atoms with Crippen LogP contribution in [0.3, 0.4) is 0 Å². The molecule has 1 aliphatic rings. The molecule has 0 spiro atoms. The van der Waals surface area contributed by atoms with Crippen LogP contribution in [-0.4, -0.2) is 61.5 Å². The van der Waals surface area contributed by atoms with Crippen LogP contribution in [0.4, 0.5) is 9.18 Å². The number of amides is 1. The van der Waals surface area contributed by atoms with Gasteiger partial charge in [-0.05, 0) is 20.8 Å². The quantitative estimate of drug-likeness (QED) is 0.488. The number of halogens is 1. The van der Waals surface area contributed by atoms with Crippen molar-refractivity contribution in [1.82, 2.24) is 19.9 Å². The number of carbonyl (C=O) groups is 1. The van der Waals surface area contributed by atoms with E-state index in [9.17, 15) is 9.18 Å². The molecule has 0 atom stereocenters. The zero-order valence-corrected chi connectivity index (χ0v) is 20.9. The number of thiazole rings is 1. The Balaban J connectivity index is 1.60. The maximum atomic E-state index is 13.5. The van der Waals surface area contributed by atoms with Crippen LogP contribution in [0.1, 0.15) is 44.5 Å². The van der Waals surface area contributed by atoms with Crippen molar-refractivity contribution < 1.29 is 13.9 Å². The molecule has 0 bridgehead atoms. The first-order valence-corrected chi connectivity index (χ1v) is 12.2.